The molecule has 1 saturated heterocycles. The van der Waals surface area contributed by atoms with Crippen LogP contribution in [-0.4, -0.2) is 25.1 Å². The zero-order chi connectivity index (χ0) is 14.7. The summed E-state index contributed by atoms with van der Waals surface area (Å²) < 4.78 is 6.30. The van der Waals surface area contributed by atoms with Crippen LogP contribution in [0, 0.1) is 5.92 Å². The molecule has 1 aromatic rings. The third kappa shape index (κ3) is 3.45. The van der Waals surface area contributed by atoms with E-state index in [1.807, 2.05) is 6.92 Å². The lowest BCUT2D eigenvalue weighted by molar-refractivity contribution is -0.118. The van der Waals surface area contributed by atoms with E-state index < -0.39 is 0 Å². The van der Waals surface area contributed by atoms with Crippen LogP contribution in [-0.2, 0) is 4.79 Å². The van der Waals surface area contributed by atoms with E-state index in [-0.39, 0.29) is 11.9 Å². The SMILES string of the molecule is CCOc1c(Br)cc(Cl)cc1NC(=O)C1NCCC1C. The molecule has 2 atom stereocenters. The number of rotatable bonds is 4. The predicted octanol–water partition coefficient (Wildman–Crippen LogP) is 3.44. The summed E-state index contributed by atoms with van der Waals surface area (Å²) in [6, 6.07) is 3.29. The Balaban J connectivity index is 2.21. The average Bonchev–Trinajstić information content (AvgIpc) is 2.80. The van der Waals surface area contributed by atoms with E-state index in [4.69, 9.17) is 16.3 Å². The lowest BCUT2D eigenvalue weighted by Gasteiger charge is -2.18. The van der Waals surface area contributed by atoms with Gasteiger partial charge in [0.05, 0.1) is 22.8 Å². The number of amides is 1. The Labute approximate surface area is 132 Å². The van der Waals surface area contributed by atoms with Crippen LogP contribution >= 0.6 is 27.5 Å². The minimum atomic E-state index is -0.165. The fraction of sp³-hybridized carbons (Fsp3) is 0.500. The van der Waals surface area contributed by atoms with Crippen LogP contribution in [0.25, 0.3) is 0 Å². The second kappa shape index (κ2) is 6.78. The zero-order valence-corrected chi connectivity index (χ0v) is 13.8. The van der Waals surface area contributed by atoms with Crippen molar-refractivity contribution < 1.29 is 9.53 Å². The lowest BCUT2D eigenvalue weighted by atomic mass is 10.0. The fourth-order valence-corrected chi connectivity index (χ4v) is 3.26. The Morgan fingerprint density at radius 3 is 2.95 bits per heavy atom. The highest BCUT2D eigenvalue weighted by molar-refractivity contribution is 9.10. The van der Waals surface area contributed by atoms with Crippen LogP contribution in [0.3, 0.4) is 0 Å². The second-order valence-corrected chi connectivity index (χ2v) is 6.18. The molecule has 1 amide bonds. The molecule has 0 aromatic heterocycles. The van der Waals surface area contributed by atoms with Gasteiger partial charge in [0.1, 0.15) is 0 Å². The van der Waals surface area contributed by atoms with Crippen molar-refractivity contribution in [2.45, 2.75) is 26.3 Å². The number of hydrogen-bond donors (Lipinski definition) is 2. The average molecular weight is 362 g/mol. The largest absolute Gasteiger partial charge is 0.491 e. The molecule has 1 aliphatic rings. The molecule has 1 aromatic carbocycles. The molecule has 1 heterocycles. The van der Waals surface area contributed by atoms with Gasteiger partial charge in [0.25, 0.3) is 0 Å². The number of anilines is 1. The molecular weight excluding hydrogens is 344 g/mol. The first-order valence-electron chi connectivity index (χ1n) is 6.69. The monoisotopic (exact) mass is 360 g/mol. The summed E-state index contributed by atoms with van der Waals surface area (Å²) in [7, 11) is 0. The molecule has 1 fully saturated rings. The molecule has 4 nitrogen and oxygen atoms in total. The van der Waals surface area contributed by atoms with Gasteiger partial charge in [-0.1, -0.05) is 18.5 Å². The molecule has 1 aliphatic heterocycles. The van der Waals surface area contributed by atoms with Crippen molar-refractivity contribution in [3.05, 3.63) is 21.6 Å². The van der Waals surface area contributed by atoms with Crippen molar-refractivity contribution >= 4 is 39.1 Å². The van der Waals surface area contributed by atoms with Crippen molar-refractivity contribution in [3.8, 4) is 5.75 Å². The van der Waals surface area contributed by atoms with E-state index >= 15 is 0 Å². The maximum absolute atomic E-state index is 12.3. The van der Waals surface area contributed by atoms with Crippen LogP contribution in [0.15, 0.2) is 16.6 Å². The van der Waals surface area contributed by atoms with Gasteiger partial charge < -0.3 is 15.4 Å². The fourth-order valence-electron chi connectivity index (χ4n) is 2.34. The first-order chi connectivity index (χ1) is 9.52. The molecular formula is C14H18BrClN2O2. The molecule has 110 valence electrons. The Morgan fingerprint density at radius 1 is 1.60 bits per heavy atom. The highest BCUT2D eigenvalue weighted by atomic mass is 79.9. The number of nitrogens with one attached hydrogen (secondary N) is 2. The van der Waals surface area contributed by atoms with Crippen molar-refractivity contribution in [1.29, 1.82) is 0 Å². The smallest absolute Gasteiger partial charge is 0.241 e. The Hall–Kier alpha value is -0.780. The number of ether oxygens (including phenoxy) is 1. The number of carbonyl (C=O) groups is 1. The van der Waals surface area contributed by atoms with Crippen LogP contribution in [0.4, 0.5) is 5.69 Å². The van der Waals surface area contributed by atoms with Gasteiger partial charge in [-0.3, -0.25) is 4.79 Å². The first kappa shape index (κ1) is 15.6. The summed E-state index contributed by atoms with van der Waals surface area (Å²) in [6.07, 6.45) is 1.01. The van der Waals surface area contributed by atoms with Gasteiger partial charge in [0.2, 0.25) is 5.91 Å². The summed E-state index contributed by atoms with van der Waals surface area (Å²) in [4.78, 5) is 12.3. The minimum absolute atomic E-state index is 0.0508. The molecule has 2 unspecified atom stereocenters. The molecule has 0 radical (unpaired) electrons. The number of halogens is 2. The van der Waals surface area contributed by atoms with Crippen LogP contribution < -0.4 is 15.4 Å². The Morgan fingerprint density at radius 2 is 2.35 bits per heavy atom. The summed E-state index contributed by atoms with van der Waals surface area (Å²) in [6.45, 7) is 5.35. The summed E-state index contributed by atoms with van der Waals surface area (Å²) in [5, 5.41) is 6.66. The van der Waals surface area contributed by atoms with Gasteiger partial charge in [-0.25, -0.2) is 0 Å². The van der Waals surface area contributed by atoms with E-state index in [2.05, 4.69) is 33.5 Å². The van der Waals surface area contributed by atoms with Crippen LogP contribution in [0.2, 0.25) is 5.02 Å². The summed E-state index contributed by atoms with van der Waals surface area (Å²) in [5.41, 5.74) is 0.595. The van der Waals surface area contributed by atoms with Crippen molar-refractivity contribution in [2.75, 3.05) is 18.5 Å². The van der Waals surface area contributed by atoms with Crippen molar-refractivity contribution in [1.82, 2.24) is 5.32 Å². The van der Waals surface area contributed by atoms with Crippen molar-refractivity contribution in [2.24, 2.45) is 5.92 Å². The number of benzene rings is 1. The predicted molar refractivity (Wildman–Crippen MR) is 84.5 cm³/mol. The molecule has 0 spiro atoms. The Bertz CT molecular complexity index is 510. The number of hydrogen-bond acceptors (Lipinski definition) is 3. The summed E-state index contributed by atoms with van der Waals surface area (Å²) >= 11 is 9.45. The first-order valence-corrected chi connectivity index (χ1v) is 7.86. The summed E-state index contributed by atoms with van der Waals surface area (Å²) in [5.74, 6) is 0.884. The maximum Gasteiger partial charge on any atom is 0.241 e. The van der Waals surface area contributed by atoms with Crippen LogP contribution in [0.5, 0.6) is 5.75 Å². The second-order valence-electron chi connectivity index (χ2n) is 4.88. The molecule has 0 bridgehead atoms. The number of carbonyl (C=O) groups excluding carboxylic acids is 1. The molecule has 2 rings (SSSR count). The highest BCUT2D eigenvalue weighted by Gasteiger charge is 2.29. The van der Waals surface area contributed by atoms with Crippen LogP contribution in [0.1, 0.15) is 20.3 Å². The topological polar surface area (TPSA) is 50.4 Å². The van der Waals surface area contributed by atoms with Gasteiger partial charge in [0.15, 0.2) is 5.75 Å². The highest BCUT2D eigenvalue weighted by Crippen LogP contribution is 2.37. The van der Waals surface area contributed by atoms with Gasteiger partial charge in [-0.05, 0) is 53.9 Å². The minimum Gasteiger partial charge on any atom is -0.491 e. The third-order valence-corrected chi connectivity index (χ3v) is 4.18. The molecule has 6 heteroatoms. The molecule has 0 aliphatic carbocycles. The zero-order valence-electron chi connectivity index (χ0n) is 11.5. The third-order valence-electron chi connectivity index (χ3n) is 3.37. The van der Waals surface area contributed by atoms with Crippen molar-refractivity contribution in [3.63, 3.8) is 0 Å². The Kier molecular flexibility index (Phi) is 5.29. The van der Waals surface area contributed by atoms with Gasteiger partial charge in [-0.15, -0.1) is 0 Å². The molecule has 20 heavy (non-hydrogen) atoms. The van der Waals surface area contributed by atoms with E-state index in [0.717, 1.165) is 17.4 Å². The normalized spacial score (nSPS) is 21.8. The standard InChI is InChI=1S/C14H18BrClN2O2/c1-3-20-13-10(15)6-9(16)7-11(13)18-14(19)12-8(2)4-5-17-12/h6-8,12,17H,3-5H2,1-2H3,(H,18,19). The van der Waals surface area contributed by atoms with Gasteiger partial charge in [-0.2, -0.15) is 0 Å². The van der Waals surface area contributed by atoms with E-state index in [0.29, 0.717) is 29.0 Å². The van der Waals surface area contributed by atoms with E-state index in [1.54, 1.807) is 12.1 Å². The van der Waals surface area contributed by atoms with E-state index in [1.165, 1.54) is 0 Å². The molecule has 0 saturated carbocycles. The lowest BCUT2D eigenvalue weighted by Crippen LogP contribution is -2.39. The van der Waals surface area contributed by atoms with Gasteiger partial charge >= 0.3 is 0 Å². The van der Waals surface area contributed by atoms with E-state index in [9.17, 15) is 4.79 Å². The molecule has 2 N–H and O–H groups in total. The maximum atomic E-state index is 12.3. The quantitative estimate of drug-likeness (QED) is 0.864. The van der Waals surface area contributed by atoms with Gasteiger partial charge in [0, 0.05) is 5.02 Å².